The summed E-state index contributed by atoms with van der Waals surface area (Å²) in [5, 5.41) is 6.12. The van der Waals surface area contributed by atoms with Crippen LogP contribution in [0.15, 0.2) is 72.8 Å². The van der Waals surface area contributed by atoms with Crippen molar-refractivity contribution < 1.29 is 9.59 Å². The highest BCUT2D eigenvalue weighted by Crippen LogP contribution is 2.45. The summed E-state index contributed by atoms with van der Waals surface area (Å²) in [6, 6.07) is 19.8. The van der Waals surface area contributed by atoms with Crippen LogP contribution in [0, 0.1) is 23.7 Å². The molecule has 0 heterocycles. The third-order valence-electron chi connectivity index (χ3n) is 5.97. The minimum absolute atomic E-state index is 0.0113. The Morgan fingerprint density at radius 1 is 0.679 bits per heavy atom. The molecule has 2 aromatic carbocycles. The van der Waals surface area contributed by atoms with Gasteiger partial charge in [-0.15, -0.1) is 0 Å². The Hall–Kier alpha value is -2.88. The maximum atomic E-state index is 13.0. The van der Waals surface area contributed by atoms with Gasteiger partial charge in [-0.1, -0.05) is 72.8 Å². The number of benzene rings is 2. The molecule has 3 aliphatic rings. The average molecular weight is 374 g/mol. The molecule has 2 amide bonds. The van der Waals surface area contributed by atoms with Gasteiger partial charge in [0.05, 0.1) is 11.8 Å². The van der Waals surface area contributed by atoms with Crippen LogP contribution in [0.1, 0.15) is 24.0 Å². The molecule has 144 valence electrons. The molecule has 0 saturated heterocycles. The quantitative estimate of drug-likeness (QED) is 0.761. The summed E-state index contributed by atoms with van der Waals surface area (Å²) >= 11 is 0. The predicted octanol–water partition coefficient (Wildman–Crippen LogP) is 3.45. The van der Waals surface area contributed by atoms with E-state index >= 15 is 0 Å². The number of fused-ring (bicyclic) bond motifs is 2. The maximum Gasteiger partial charge on any atom is 0.224 e. The number of rotatable bonds is 6. The number of hydrogen-bond acceptors (Lipinski definition) is 2. The molecule has 1 saturated carbocycles. The van der Waals surface area contributed by atoms with Gasteiger partial charge in [0.1, 0.15) is 0 Å². The molecule has 0 radical (unpaired) electrons. The highest BCUT2D eigenvalue weighted by Gasteiger charge is 2.47. The summed E-state index contributed by atoms with van der Waals surface area (Å²) in [6.45, 7) is 0.991. The van der Waals surface area contributed by atoms with Gasteiger partial charge in [-0.25, -0.2) is 0 Å². The van der Waals surface area contributed by atoms with Crippen LogP contribution in [0.3, 0.4) is 0 Å². The molecule has 0 aliphatic heterocycles. The zero-order valence-electron chi connectivity index (χ0n) is 15.9. The average Bonchev–Trinajstić information content (AvgIpc) is 2.77. The number of hydrogen-bond donors (Lipinski definition) is 2. The van der Waals surface area contributed by atoms with Crippen molar-refractivity contribution in [2.45, 2.75) is 25.9 Å². The second kappa shape index (κ2) is 8.42. The highest BCUT2D eigenvalue weighted by atomic mass is 16.2. The Morgan fingerprint density at radius 3 is 1.43 bits per heavy atom. The molecule has 4 atom stereocenters. The standard InChI is InChI=1S/C24H26N2O2/c27-23(25-15-17-7-3-1-4-8-17)21-19-11-13-20(14-12-19)22(21)24(28)26-16-18-9-5-2-6-10-18/h1-11,13,19-22H,12,14-16H2,(H,25,27)(H,26,28)/t19-,20+,21-,22-/m0/s1. The normalized spacial score (nSPS) is 25.3. The zero-order valence-corrected chi connectivity index (χ0v) is 15.9. The van der Waals surface area contributed by atoms with Gasteiger partial charge in [0.15, 0.2) is 0 Å². The second-order valence-electron chi connectivity index (χ2n) is 7.75. The van der Waals surface area contributed by atoms with E-state index in [1.54, 1.807) is 0 Å². The van der Waals surface area contributed by atoms with Gasteiger partial charge in [0, 0.05) is 13.1 Å². The number of carbonyl (C=O) groups is 2. The van der Waals surface area contributed by atoms with Crippen molar-refractivity contribution in [3.63, 3.8) is 0 Å². The van der Waals surface area contributed by atoms with Gasteiger partial charge in [0.25, 0.3) is 0 Å². The third-order valence-corrected chi connectivity index (χ3v) is 5.97. The van der Waals surface area contributed by atoms with Crippen LogP contribution in [-0.2, 0) is 22.7 Å². The van der Waals surface area contributed by atoms with Gasteiger partial charge >= 0.3 is 0 Å². The number of amides is 2. The number of nitrogens with one attached hydrogen (secondary N) is 2. The van der Waals surface area contributed by atoms with E-state index in [4.69, 9.17) is 0 Å². The first-order valence-corrected chi connectivity index (χ1v) is 10.0. The largest absolute Gasteiger partial charge is 0.352 e. The zero-order chi connectivity index (χ0) is 19.3. The molecule has 4 nitrogen and oxygen atoms in total. The van der Waals surface area contributed by atoms with Gasteiger partial charge in [-0.2, -0.15) is 0 Å². The Bertz CT molecular complexity index is 776. The molecule has 0 unspecified atom stereocenters. The van der Waals surface area contributed by atoms with Crippen molar-refractivity contribution in [3.05, 3.63) is 83.9 Å². The first-order valence-electron chi connectivity index (χ1n) is 10.0. The fraction of sp³-hybridized carbons (Fsp3) is 0.333. The molecule has 28 heavy (non-hydrogen) atoms. The van der Waals surface area contributed by atoms with Crippen LogP contribution in [-0.4, -0.2) is 11.8 Å². The molecule has 4 heteroatoms. The maximum absolute atomic E-state index is 13.0. The summed E-state index contributed by atoms with van der Waals surface area (Å²) in [5.74, 6) is -0.307. The summed E-state index contributed by atoms with van der Waals surface area (Å²) < 4.78 is 0. The topological polar surface area (TPSA) is 58.2 Å². The fourth-order valence-electron chi connectivity index (χ4n) is 4.51. The van der Waals surface area contributed by atoms with Crippen molar-refractivity contribution in [3.8, 4) is 0 Å². The third kappa shape index (κ3) is 4.01. The smallest absolute Gasteiger partial charge is 0.224 e. The molecule has 2 aromatic rings. The van der Waals surface area contributed by atoms with Crippen LogP contribution in [0.2, 0.25) is 0 Å². The lowest BCUT2D eigenvalue weighted by molar-refractivity contribution is -0.140. The Labute approximate surface area is 166 Å². The van der Waals surface area contributed by atoms with Crippen LogP contribution in [0.5, 0.6) is 0 Å². The molecule has 0 spiro atoms. The Balaban J connectivity index is 1.44. The van der Waals surface area contributed by atoms with E-state index in [0.717, 1.165) is 24.0 Å². The lowest BCUT2D eigenvalue weighted by atomic mass is 9.61. The molecule has 0 aromatic heterocycles. The lowest BCUT2D eigenvalue weighted by Gasteiger charge is -2.43. The van der Waals surface area contributed by atoms with Crippen LogP contribution in [0.4, 0.5) is 0 Å². The number of allylic oxidation sites excluding steroid dienone is 2. The number of carbonyl (C=O) groups excluding carboxylic acids is 2. The van der Waals surface area contributed by atoms with Crippen LogP contribution < -0.4 is 10.6 Å². The summed E-state index contributed by atoms with van der Waals surface area (Å²) in [5.41, 5.74) is 2.13. The SMILES string of the molecule is O=C(NCc1ccccc1)[C@@H]1[C@@H](C(=O)NCc2ccccc2)[C@H]2C=C[C@@H]1CC2. The summed E-state index contributed by atoms with van der Waals surface area (Å²) in [7, 11) is 0. The van der Waals surface area contributed by atoms with E-state index in [1.165, 1.54) is 0 Å². The van der Waals surface area contributed by atoms with Crippen LogP contribution >= 0.6 is 0 Å². The first kappa shape index (κ1) is 18.5. The van der Waals surface area contributed by atoms with E-state index in [2.05, 4.69) is 22.8 Å². The monoisotopic (exact) mass is 374 g/mol. The van der Waals surface area contributed by atoms with Crippen molar-refractivity contribution in [2.75, 3.05) is 0 Å². The van der Waals surface area contributed by atoms with Crippen molar-refractivity contribution in [2.24, 2.45) is 23.7 Å². The van der Waals surface area contributed by atoms with Crippen LogP contribution in [0.25, 0.3) is 0 Å². The van der Waals surface area contributed by atoms with E-state index in [1.807, 2.05) is 60.7 Å². The summed E-state index contributed by atoms with van der Waals surface area (Å²) in [6.07, 6.45) is 6.24. The summed E-state index contributed by atoms with van der Waals surface area (Å²) in [4.78, 5) is 26.1. The van der Waals surface area contributed by atoms with E-state index in [-0.39, 0.29) is 35.5 Å². The van der Waals surface area contributed by atoms with E-state index < -0.39 is 0 Å². The predicted molar refractivity (Wildman–Crippen MR) is 109 cm³/mol. The molecule has 2 N–H and O–H groups in total. The molecule has 1 fully saturated rings. The fourth-order valence-corrected chi connectivity index (χ4v) is 4.51. The first-order chi connectivity index (χ1) is 13.7. The van der Waals surface area contributed by atoms with Gasteiger partial charge < -0.3 is 10.6 Å². The highest BCUT2D eigenvalue weighted by molar-refractivity contribution is 5.89. The Kier molecular flexibility index (Phi) is 5.56. The molecule has 5 rings (SSSR count). The second-order valence-corrected chi connectivity index (χ2v) is 7.75. The molecule has 2 bridgehead atoms. The van der Waals surface area contributed by atoms with E-state index in [9.17, 15) is 9.59 Å². The minimum atomic E-state index is -0.289. The van der Waals surface area contributed by atoms with Gasteiger partial charge in [0.2, 0.25) is 11.8 Å². The molecule has 3 aliphatic carbocycles. The van der Waals surface area contributed by atoms with Crippen molar-refractivity contribution >= 4 is 11.8 Å². The van der Waals surface area contributed by atoms with E-state index in [0.29, 0.717) is 13.1 Å². The lowest BCUT2D eigenvalue weighted by Crippen LogP contribution is -2.51. The molecular weight excluding hydrogens is 348 g/mol. The van der Waals surface area contributed by atoms with Crippen molar-refractivity contribution in [1.29, 1.82) is 0 Å². The van der Waals surface area contributed by atoms with Gasteiger partial charge in [-0.3, -0.25) is 9.59 Å². The minimum Gasteiger partial charge on any atom is -0.352 e. The van der Waals surface area contributed by atoms with Crippen molar-refractivity contribution in [1.82, 2.24) is 10.6 Å². The van der Waals surface area contributed by atoms with Gasteiger partial charge in [-0.05, 0) is 35.8 Å². The Morgan fingerprint density at radius 2 is 1.07 bits per heavy atom. The molecular formula is C24H26N2O2.